The third kappa shape index (κ3) is 6.52. The van der Waals surface area contributed by atoms with Crippen molar-refractivity contribution in [2.24, 2.45) is 0 Å². The van der Waals surface area contributed by atoms with Gasteiger partial charge in [-0.15, -0.1) is 0 Å². The van der Waals surface area contributed by atoms with Crippen molar-refractivity contribution in [1.82, 2.24) is 10.3 Å². The Morgan fingerprint density at radius 3 is 2.42 bits per heavy atom. The van der Waals surface area contributed by atoms with Gasteiger partial charge in [0.25, 0.3) is 0 Å². The number of nitrogens with one attached hydrogen (secondary N) is 1. The smallest absolute Gasteiger partial charge is 0.163 e. The fraction of sp³-hybridized carbons (Fsp3) is 0.438. The average molecular weight is 549 g/mol. The molecule has 1 aromatic heterocycles. The quantitative estimate of drug-likeness (QED) is 0.288. The van der Waals surface area contributed by atoms with E-state index in [0.29, 0.717) is 41.7 Å². The lowest BCUT2D eigenvalue weighted by atomic mass is 9.87. The monoisotopic (exact) mass is 548 g/mol. The molecule has 5 rings (SSSR count). The average Bonchev–Trinajstić information content (AvgIpc) is 3.74. The minimum Gasteiger partial charge on any atom is -0.493 e. The van der Waals surface area contributed by atoms with Crippen LogP contribution < -0.4 is 14.8 Å². The van der Waals surface area contributed by atoms with Crippen LogP contribution in [0.3, 0.4) is 0 Å². The van der Waals surface area contributed by atoms with Crippen LogP contribution in [0.1, 0.15) is 68.1 Å². The van der Waals surface area contributed by atoms with Gasteiger partial charge in [0.2, 0.25) is 0 Å². The first kappa shape index (κ1) is 28.2. The lowest BCUT2D eigenvalue weighted by Crippen LogP contribution is -2.53. The molecule has 0 bridgehead atoms. The minimum absolute atomic E-state index is 0.109. The van der Waals surface area contributed by atoms with Crippen LogP contribution in [0.4, 0.5) is 4.39 Å². The van der Waals surface area contributed by atoms with E-state index in [1.165, 1.54) is 12.1 Å². The number of benzene rings is 2. The van der Waals surface area contributed by atoms with Crippen molar-refractivity contribution < 1.29 is 28.5 Å². The number of aliphatic hydroxyl groups is 1. The van der Waals surface area contributed by atoms with E-state index in [0.717, 1.165) is 24.0 Å². The van der Waals surface area contributed by atoms with Crippen LogP contribution in [0.5, 0.6) is 11.5 Å². The predicted octanol–water partition coefficient (Wildman–Crippen LogP) is 5.53. The number of halogens is 1. The van der Waals surface area contributed by atoms with Crippen molar-refractivity contribution >= 4 is 5.78 Å². The number of hydrogen-bond acceptors (Lipinski definition) is 7. The second kappa shape index (κ2) is 11.3. The van der Waals surface area contributed by atoms with Crippen LogP contribution in [-0.2, 0) is 15.9 Å². The van der Waals surface area contributed by atoms with E-state index in [1.54, 1.807) is 44.4 Å². The summed E-state index contributed by atoms with van der Waals surface area (Å²) in [5.74, 6) is 0.710. The first-order valence-corrected chi connectivity index (χ1v) is 13.8. The lowest BCUT2D eigenvalue weighted by Gasteiger charge is -2.37. The SMILES string of the molecule is COc1cc(C(=O)CCC(C)(O)c2cc(C(C)(C)NC3COC3)cc(-c3ccc(F)cc3)n2)ccc1OC1CC1. The number of carbonyl (C=O) groups is 1. The van der Waals surface area contributed by atoms with Gasteiger partial charge in [0.1, 0.15) is 11.4 Å². The van der Waals surface area contributed by atoms with Gasteiger partial charge in [0.15, 0.2) is 17.3 Å². The maximum atomic E-state index is 13.6. The molecule has 2 N–H and O–H groups in total. The number of nitrogens with zero attached hydrogens (tertiary/aromatic N) is 1. The van der Waals surface area contributed by atoms with Gasteiger partial charge in [-0.3, -0.25) is 4.79 Å². The third-order valence-corrected chi connectivity index (χ3v) is 7.58. The molecule has 212 valence electrons. The van der Waals surface area contributed by atoms with Crippen LogP contribution in [0, 0.1) is 5.82 Å². The topological polar surface area (TPSA) is 89.9 Å². The molecule has 8 heteroatoms. The predicted molar refractivity (Wildman–Crippen MR) is 150 cm³/mol. The molecule has 0 amide bonds. The summed E-state index contributed by atoms with van der Waals surface area (Å²) >= 11 is 0. The fourth-order valence-corrected chi connectivity index (χ4v) is 4.78. The van der Waals surface area contributed by atoms with Gasteiger partial charge in [0.05, 0.1) is 43.9 Å². The lowest BCUT2D eigenvalue weighted by molar-refractivity contribution is -0.0171. The van der Waals surface area contributed by atoms with E-state index >= 15 is 0 Å². The molecule has 1 atom stereocenters. The van der Waals surface area contributed by atoms with Crippen molar-refractivity contribution in [2.45, 2.75) is 69.7 Å². The Bertz CT molecular complexity index is 1360. The molecule has 1 saturated heterocycles. The Labute approximate surface area is 234 Å². The first-order chi connectivity index (χ1) is 19.0. The molecule has 2 fully saturated rings. The molecule has 1 unspecified atom stereocenters. The summed E-state index contributed by atoms with van der Waals surface area (Å²) < 4.78 is 30.3. The minimum atomic E-state index is -1.39. The first-order valence-electron chi connectivity index (χ1n) is 13.8. The van der Waals surface area contributed by atoms with Crippen molar-refractivity contribution in [1.29, 1.82) is 0 Å². The van der Waals surface area contributed by atoms with E-state index in [2.05, 4.69) is 19.2 Å². The summed E-state index contributed by atoms with van der Waals surface area (Å²) in [6, 6.07) is 15.4. The highest BCUT2D eigenvalue weighted by Crippen LogP contribution is 2.36. The zero-order valence-corrected chi connectivity index (χ0v) is 23.5. The second-order valence-electron chi connectivity index (χ2n) is 11.5. The Morgan fingerprint density at radius 2 is 1.80 bits per heavy atom. The summed E-state index contributed by atoms with van der Waals surface area (Å²) in [5.41, 5.74) is 1.38. The molecule has 1 aliphatic carbocycles. The summed E-state index contributed by atoms with van der Waals surface area (Å²) in [4.78, 5) is 17.9. The highest BCUT2D eigenvalue weighted by atomic mass is 19.1. The molecule has 0 radical (unpaired) electrons. The molecule has 1 saturated carbocycles. The maximum Gasteiger partial charge on any atom is 0.163 e. The standard InChI is InChI=1S/C32H37FN2O5/c1-31(2,35-24-18-39-19-24)22-16-26(20-5-8-23(33)9-6-20)34-30(17-22)32(3,37)14-13-27(36)21-7-12-28(29(15-21)38-4)40-25-10-11-25/h5-9,12,15-17,24-25,35,37H,10-11,13-14,18-19H2,1-4H3. The molecule has 1 aliphatic heterocycles. The molecular weight excluding hydrogens is 511 g/mol. The third-order valence-electron chi connectivity index (χ3n) is 7.58. The molecule has 0 spiro atoms. The zero-order chi connectivity index (χ0) is 28.5. The van der Waals surface area contributed by atoms with Crippen LogP contribution >= 0.6 is 0 Å². The maximum absolute atomic E-state index is 13.6. The number of ether oxygens (including phenoxy) is 3. The zero-order valence-electron chi connectivity index (χ0n) is 23.5. The van der Waals surface area contributed by atoms with Crippen molar-refractivity contribution in [3.05, 3.63) is 77.2 Å². The van der Waals surface area contributed by atoms with E-state index in [-0.39, 0.29) is 36.6 Å². The summed E-state index contributed by atoms with van der Waals surface area (Å²) in [7, 11) is 1.56. The van der Waals surface area contributed by atoms with Gasteiger partial charge in [-0.25, -0.2) is 9.37 Å². The normalized spacial score (nSPS) is 17.1. The number of rotatable bonds is 12. The van der Waals surface area contributed by atoms with Gasteiger partial charge < -0.3 is 24.6 Å². The Kier molecular flexibility index (Phi) is 7.95. The number of ketones is 1. The van der Waals surface area contributed by atoms with E-state index in [9.17, 15) is 14.3 Å². The number of Topliss-reactive ketones (excluding diaryl/α,β-unsaturated/α-hetero) is 1. The summed E-state index contributed by atoms with van der Waals surface area (Å²) in [6.07, 6.45) is 2.55. The van der Waals surface area contributed by atoms with E-state index in [1.807, 2.05) is 12.1 Å². The van der Waals surface area contributed by atoms with Crippen molar-refractivity contribution in [3.8, 4) is 22.8 Å². The molecule has 3 aromatic rings. The number of carbonyl (C=O) groups excluding carboxylic acids is 1. The van der Waals surface area contributed by atoms with E-state index < -0.39 is 11.1 Å². The largest absolute Gasteiger partial charge is 0.493 e. The van der Waals surface area contributed by atoms with Gasteiger partial charge in [-0.2, -0.15) is 0 Å². The second-order valence-corrected chi connectivity index (χ2v) is 11.5. The Morgan fingerprint density at radius 1 is 1.07 bits per heavy atom. The fourth-order valence-electron chi connectivity index (χ4n) is 4.78. The highest BCUT2D eigenvalue weighted by molar-refractivity contribution is 5.96. The highest BCUT2D eigenvalue weighted by Gasteiger charge is 2.33. The van der Waals surface area contributed by atoms with Gasteiger partial charge >= 0.3 is 0 Å². The van der Waals surface area contributed by atoms with Crippen molar-refractivity contribution in [3.63, 3.8) is 0 Å². The van der Waals surface area contributed by atoms with Crippen molar-refractivity contribution in [2.75, 3.05) is 20.3 Å². The molecule has 2 aromatic carbocycles. The number of pyridine rings is 1. The molecule has 40 heavy (non-hydrogen) atoms. The van der Waals surface area contributed by atoms with Gasteiger partial charge in [-0.05, 0) is 100 Å². The molecule has 2 heterocycles. The van der Waals surface area contributed by atoms with Crippen LogP contribution in [0.2, 0.25) is 0 Å². The molecular formula is C32H37FN2O5. The number of hydrogen-bond donors (Lipinski definition) is 2. The Hall–Kier alpha value is -3.33. The van der Waals surface area contributed by atoms with Gasteiger partial charge in [0, 0.05) is 23.1 Å². The van der Waals surface area contributed by atoms with Gasteiger partial charge in [-0.1, -0.05) is 0 Å². The number of methoxy groups -OCH3 is 1. The van der Waals surface area contributed by atoms with Crippen LogP contribution in [-0.4, -0.2) is 48.3 Å². The van der Waals surface area contributed by atoms with E-state index in [4.69, 9.17) is 19.2 Å². The Balaban J connectivity index is 1.38. The van der Waals surface area contributed by atoms with Crippen LogP contribution in [0.25, 0.3) is 11.3 Å². The summed E-state index contributed by atoms with van der Waals surface area (Å²) in [6.45, 7) is 7.10. The van der Waals surface area contributed by atoms with Crippen LogP contribution in [0.15, 0.2) is 54.6 Å². The number of aromatic nitrogens is 1. The molecule has 2 aliphatic rings. The molecule has 7 nitrogen and oxygen atoms in total. The summed E-state index contributed by atoms with van der Waals surface area (Å²) in [5, 5.41) is 15.2.